The topological polar surface area (TPSA) is 66.3 Å². The number of aromatic hydroxyl groups is 1. The lowest BCUT2D eigenvalue weighted by atomic mass is 10.2. The average molecular weight is 229 g/mol. The molecule has 0 saturated carbocycles. The first-order chi connectivity index (χ1) is 8.18. The second-order valence-corrected chi connectivity index (χ2v) is 3.47. The molecule has 0 radical (unpaired) electrons. The van der Waals surface area contributed by atoms with E-state index >= 15 is 0 Å². The van der Waals surface area contributed by atoms with Crippen molar-refractivity contribution in [1.82, 2.24) is 9.97 Å². The second-order valence-electron chi connectivity index (χ2n) is 3.47. The van der Waals surface area contributed by atoms with Crippen LogP contribution >= 0.6 is 0 Å². The number of carbonyl (C=O) groups is 1. The highest BCUT2D eigenvalue weighted by molar-refractivity contribution is 6.04. The van der Waals surface area contributed by atoms with Crippen LogP contribution in [0.3, 0.4) is 0 Å². The molecule has 2 aromatic rings. The molecule has 0 fully saturated rings. The molecular formula is C12H11N3O2. The standard InChI is InChI=1S/C12H11N3O2/c1-15(9-3-2-4-10(16)7-9)12(17)11-8-13-5-6-14-11/h2-8,16H,1H3. The van der Waals surface area contributed by atoms with E-state index < -0.39 is 0 Å². The number of anilines is 1. The monoisotopic (exact) mass is 229 g/mol. The van der Waals surface area contributed by atoms with Gasteiger partial charge in [0.05, 0.1) is 6.20 Å². The van der Waals surface area contributed by atoms with E-state index in [0.29, 0.717) is 5.69 Å². The van der Waals surface area contributed by atoms with Gasteiger partial charge < -0.3 is 10.0 Å². The van der Waals surface area contributed by atoms with E-state index in [1.54, 1.807) is 25.2 Å². The van der Waals surface area contributed by atoms with Crippen LogP contribution in [0, 0.1) is 0 Å². The average Bonchev–Trinajstić information content (AvgIpc) is 2.38. The van der Waals surface area contributed by atoms with E-state index in [9.17, 15) is 9.90 Å². The van der Waals surface area contributed by atoms with E-state index in [-0.39, 0.29) is 17.4 Å². The molecule has 0 bridgehead atoms. The van der Waals surface area contributed by atoms with E-state index in [1.165, 1.54) is 29.6 Å². The SMILES string of the molecule is CN(C(=O)c1cnccn1)c1cccc(O)c1. The molecule has 0 unspecified atom stereocenters. The summed E-state index contributed by atoms with van der Waals surface area (Å²) in [6, 6.07) is 6.46. The summed E-state index contributed by atoms with van der Waals surface area (Å²) in [6.45, 7) is 0. The number of hydrogen-bond donors (Lipinski definition) is 1. The fraction of sp³-hybridized carbons (Fsp3) is 0.0833. The molecule has 0 aliphatic heterocycles. The summed E-state index contributed by atoms with van der Waals surface area (Å²) < 4.78 is 0. The van der Waals surface area contributed by atoms with Crippen LogP contribution in [-0.4, -0.2) is 28.0 Å². The minimum atomic E-state index is -0.274. The summed E-state index contributed by atoms with van der Waals surface area (Å²) >= 11 is 0. The Morgan fingerprint density at radius 3 is 2.82 bits per heavy atom. The molecule has 17 heavy (non-hydrogen) atoms. The van der Waals surface area contributed by atoms with Crippen molar-refractivity contribution in [2.45, 2.75) is 0 Å². The van der Waals surface area contributed by atoms with Gasteiger partial charge in [0.2, 0.25) is 0 Å². The summed E-state index contributed by atoms with van der Waals surface area (Å²) in [5.41, 5.74) is 0.860. The Morgan fingerprint density at radius 1 is 1.35 bits per heavy atom. The van der Waals surface area contributed by atoms with Crippen LogP contribution in [0.15, 0.2) is 42.9 Å². The maximum atomic E-state index is 12.0. The zero-order chi connectivity index (χ0) is 12.3. The Hall–Kier alpha value is -2.43. The zero-order valence-electron chi connectivity index (χ0n) is 9.24. The van der Waals surface area contributed by atoms with Crippen LogP contribution in [0.25, 0.3) is 0 Å². The van der Waals surface area contributed by atoms with Crippen LogP contribution in [-0.2, 0) is 0 Å². The fourth-order valence-electron chi connectivity index (χ4n) is 1.40. The number of benzene rings is 1. The molecule has 86 valence electrons. The lowest BCUT2D eigenvalue weighted by Crippen LogP contribution is -2.27. The number of phenolic OH excluding ortho intramolecular Hbond substituents is 1. The lowest BCUT2D eigenvalue weighted by Gasteiger charge is -2.16. The minimum Gasteiger partial charge on any atom is -0.508 e. The van der Waals surface area contributed by atoms with Gasteiger partial charge in [-0.15, -0.1) is 0 Å². The van der Waals surface area contributed by atoms with Crippen LogP contribution in [0.4, 0.5) is 5.69 Å². The maximum Gasteiger partial charge on any atom is 0.278 e. The van der Waals surface area contributed by atoms with Crippen molar-refractivity contribution >= 4 is 11.6 Å². The molecule has 2 rings (SSSR count). The zero-order valence-corrected chi connectivity index (χ0v) is 9.24. The highest BCUT2D eigenvalue weighted by Crippen LogP contribution is 2.19. The third-order valence-electron chi connectivity index (χ3n) is 2.30. The van der Waals surface area contributed by atoms with Crippen LogP contribution in [0.5, 0.6) is 5.75 Å². The van der Waals surface area contributed by atoms with Crippen molar-refractivity contribution in [2.24, 2.45) is 0 Å². The van der Waals surface area contributed by atoms with E-state index in [4.69, 9.17) is 0 Å². The normalized spacial score (nSPS) is 9.94. The second kappa shape index (κ2) is 4.61. The van der Waals surface area contributed by atoms with Crippen LogP contribution in [0.2, 0.25) is 0 Å². The van der Waals surface area contributed by atoms with Crippen molar-refractivity contribution < 1.29 is 9.90 Å². The number of hydrogen-bond acceptors (Lipinski definition) is 4. The highest BCUT2D eigenvalue weighted by atomic mass is 16.3. The number of carbonyl (C=O) groups excluding carboxylic acids is 1. The molecule has 5 nitrogen and oxygen atoms in total. The number of rotatable bonds is 2. The quantitative estimate of drug-likeness (QED) is 0.846. The number of phenols is 1. The highest BCUT2D eigenvalue weighted by Gasteiger charge is 2.14. The van der Waals surface area contributed by atoms with Crippen molar-refractivity contribution in [3.8, 4) is 5.75 Å². The van der Waals surface area contributed by atoms with Crippen LogP contribution < -0.4 is 4.90 Å². The molecule has 5 heteroatoms. The van der Waals surface area contributed by atoms with Crippen molar-refractivity contribution in [3.63, 3.8) is 0 Å². The third kappa shape index (κ3) is 2.39. The van der Waals surface area contributed by atoms with E-state index in [2.05, 4.69) is 9.97 Å². The Labute approximate surface area is 98.4 Å². The first-order valence-electron chi connectivity index (χ1n) is 5.01. The van der Waals surface area contributed by atoms with Crippen LogP contribution in [0.1, 0.15) is 10.5 Å². The summed E-state index contributed by atoms with van der Waals surface area (Å²) in [7, 11) is 1.62. The molecule has 0 aliphatic rings. The van der Waals surface area contributed by atoms with Gasteiger partial charge in [-0.2, -0.15) is 0 Å². The number of nitrogens with zero attached hydrogens (tertiary/aromatic N) is 3. The summed E-state index contributed by atoms with van der Waals surface area (Å²) in [6.07, 6.45) is 4.37. The summed E-state index contributed by atoms with van der Waals surface area (Å²) in [4.78, 5) is 21.2. The molecular weight excluding hydrogens is 218 g/mol. The van der Waals surface area contributed by atoms with Gasteiger partial charge in [-0.25, -0.2) is 4.98 Å². The largest absolute Gasteiger partial charge is 0.508 e. The van der Waals surface area contributed by atoms with Gasteiger partial charge in [-0.1, -0.05) is 6.07 Å². The molecule has 0 aliphatic carbocycles. The molecule has 1 aromatic carbocycles. The van der Waals surface area contributed by atoms with Crippen molar-refractivity contribution in [1.29, 1.82) is 0 Å². The van der Waals surface area contributed by atoms with Gasteiger partial charge in [-0.3, -0.25) is 9.78 Å². The van der Waals surface area contributed by atoms with Gasteiger partial charge in [0.1, 0.15) is 11.4 Å². The molecule has 1 aromatic heterocycles. The third-order valence-corrected chi connectivity index (χ3v) is 2.30. The minimum absolute atomic E-state index is 0.112. The number of amides is 1. The summed E-state index contributed by atoms with van der Waals surface area (Å²) in [5.74, 6) is -0.162. The Morgan fingerprint density at radius 2 is 2.18 bits per heavy atom. The van der Waals surface area contributed by atoms with Gasteiger partial charge in [0, 0.05) is 31.2 Å². The Balaban J connectivity index is 2.27. The summed E-state index contributed by atoms with van der Waals surface area (Å²) in [5, 5.41) is 9.35. The molecule has 1 N–H and O–H groups in total. The van der Waals surface area contributed by atoms with Crippen molar-refractivity contribution in [3.05, 3.63) is 48.5 Å². The Kier molecular flexibility index (Phi) is 3.00. The smallest absolute Gasteiger partial charge is 0.278 e. The lowest BCUT2D eigenvalue weighted by molar-refractivity contribution is 0.0988. The molecule has 1 amide bonds. The molecule has 0 saturated heterocycles. The maximum absolute atomic E-state index is 12.0. The first kappa shape index (κ1) is 11.1. The van der Waals surface area contributed by atoms with Gasteiger partial charge >= 0.3 is 0 Å². The number of aromatic nitrogens is 2. The first-order valence-corrected chi connectivity index (χ1v) is 5.01. The molecule has 0 spiro atoms. The predicted octanol–water partition coefficient (Wildman–Crippen LogP) is 1.46. The molecule has 0 atom stereocenters. The van der Waals surface area contributed by atoms with Gasteiger partial charge in [-0.05, 0) is 12.1 Å². The van der Waals surface area contributed by atoms with E-state index in [1.807, 2.05) is 0 Å². The Bertz CT molecular complexity index is 528. The van der Waals surface area contributed by atoms with E-state index in [0.717, 1.165) is 0 Å². The van der Waals surface area contributed by atoms with Gasteiger partial charge in [0.15, 0.2) is 0 Å². The van der Waals surface area contributed by atoms with Gasteiger partial charge in [0.25, 0.3) is 5.91 Å². The fourth-order valence-corrected chi connectivity index (χ4v) is 1.40. The molecule has 1 heterocycles. The predicted molar refractivity (Wildman–Crippen MR) is 62.9 cm³/mol. The van der Waals surface area contributed by atoms with Crippen molar-refractivity contribution in [2.75, 3.05) is 11.9 Å².